The van der Waals surface area contributed by atoms with E-state index in [-0.39, 0.29) is 24.0 Å². The zero-order chi connectivity index (χ0) is 23.4. The van der Waals surface area contributed by atoms with Crippen LogP contribution in [-0.4, -0.2) is 18.5 Å². The fraction of sp³-hybridized carbons (Fsp3) is 0.120. The third-order valence-electron chi connectivity index (χ3n) is 4.62. The molecule has 1 aliphatic heterocycles. The summed E-state index contributed by atoms with van der Waals surface area (Å²) in [4.78, 5) is 16.8. The fourth-order valence-electron chi connectivity index (χ4n) is 3.12. The van der Waals surface area contributed by atoms with Crippen LogP contribution in [0.15, 0.2) is 75.8 Å². The lowest BCUT2D eigenvalue weighted by Crippen LogP contribution is -2.05. The SMILES string of the molecule is CCOc1cc(/C=C2\N=C(c3cccc(Br)c3)OC2=O)cc(I)c1OCc1ccc(F)cc1. The maximum atomic E-state index is 13.1. The number of cyclic esters (lactones) is 1. The van der Waals surface area contributed by atoms with Crippen molar-refractivity contribution in [1.29, 1.82) is 0 Å². The van der Waals surface area contributed by atoms with Gasteiger partial charge < -0.3 is 14.2 Å². The van der Waals surface area contributed by atoms with Gasteiger partial charge in [0, 0.05) is 10.0 Å². The second kappa shape index (κ2) is 10.5. The molecule has 3 aromatic carbocycles. The molecular weight excluding hydrogens is 604 g/mol. The number of aliphatic imine (C=N–C) groups is 1. The van der Waals surface area contributed by atoms with Crippen LogP contribution in [0.4, 0.5) is 4.39 Å². The molecule has 0 bridgehead atoms. The first-order chi connectivity index (χ1) is 15.9. The highest BCUT2D eigenvalue weighted by Crippen LogP contribution is 2.36. The molecule has 5 nitrogen and oxygen atoms in total. The Labute approximate surface area is 212 Å². The van der Waals surface area contributed by atoms with Crippen LogP contribution in [-0.2, 0) is 16.1 Å². The Morgan fingerprint density at radius 2 is 1.91 bits per heavy atom. The van der Waals surface area contributed by atoms with Crippen molar-refractivity contribution in [2.24, 2.45) is 4.99 Å². The third kappa shape index (κ3) is 5.80. The van der Waals surface area contributed by atoms with Gasteiger partial charge in [-0.1, -0.05) is 34.1 Å². The van der Waals surface area contributed by atoms with Crippen LogP contribution in [0.3, 0.4) is 0 Å². The summed E-state index contributed by atoms with van der Waals surface area (Å²) in [5.41, 5.74) is 2.46. The molecular formula is C25H18BrFINO4. The molecule has 1 aliphatic rings. The average molecular weight is 622 g/mol. The molecule has 0 spiro atoms. The van der Waals surface area contributed by atoms with Crippen LogP contribution in [0.25, 0.3) is 6.08 Å². The minimum Gasteiger partial charge on any atom is -0.490 e. The van der Waals surface area contributed by atoms with E-state index in [0.29, 0.717) is 23.7 Å². The number of hydrogen-bond donors (Lipinski definition) is 0. The van der Waals surface area contributed by atoms with Crippen LogP contribution in [0.1, 0.15) is 23.6 Å². The predicted molar refractivity (Wildman–Crippen MR) is 136 cm³/mol. The molecule has 8 heteroatoms. The largest absolute Gasteiger partial charge is 0.490 e. The van der Waals surface area contributed by atoms with Crippen molar-refractivity contribution in [2.75, 3.05) is 6.61 Å². The second-order valence-electron chi connectivity index (χ2n) is 7.02. The molecule has 0 N–H and O–H groups in total. The zero-order valence-electron chi connectivity index (χ0n) is 17.5. The average Bonchev–Trinajstić information content (AvgIpc) is 3.15. The summed E-state index contributed by atoms with van der Waals surface area (Å²) < 4.78 is 31.9. The molecule has 0 fully saturated rings. The maximum Gasteiger partial charge on any atom is 0.363 e. The first-order valence-corrected chi connectivity index (χ1v) is 11.9. The number of carbonyl (C=O) groups is 1. The quantitative estimate of drug-likeness (QED) is 0.171. The van der Waals surface area contributed by atoms with E-state index < -0.39 is 5.97 Å². The van der Waals surface area contributed by atoms with Crippen LogP contribution in [0.2, 0.25) is 0 Å². The van der Waals surface area contributed by atoms with E-state index in [1.165, 1.54) is 12.1 Å². The van der Waals surface area contributed by atoms with Gasteiger partial charge in [0.25, 0.3) is 0 Å². The highest BCUT2D eigenvalue weighted by atomic mass is 127. The molecule has 3 aromatic rings. The lowest BCUT2D eigenvalue weighted by molar-refractivity contribution is -0.129. The summed E-state index contributed by atoms with van der Waals surface area (Å²) in [5.74, 6) is 0.565. The molecule has 0 aliphatic carbocycles. The lowest BCUT2D eigenvalue weighted by Gasteiger charge is -2.15. The lowest BCUT2D eigenvalue weighted by atomic mass is 10.1. The monoisotopic (exact) mass is 621 g/mol. The van der Waals surface area contributed by atoms with Crippen LogP contribution < -0.4 is 9.47 Å². The molecule has 0 saturated carbocycles. The molecule has 4 rings (SSSR count). The Morgan fingerprint density at radius 1 is 1.12 bits per heavy atom. The minimum atomic E-state index is -0.519. The molecule has 33 heavy (non-hydrogen) atoms. The summed E-state index contributed by atoms with van der Waals surface area (Å²) in [7, 11) is 0. The van der Waals surface area contributed by atoms with Gasteiger partial charge in [-0.15, -0.1) is 0 Å². The van der Waals surface area contributed by atoms with Crippen LogP contribution in [0.5, 0.6) is 11.5 Å². The van der Waals surface area contributed by atoms with Crippen molar-refractivity contribution in [3.8, 4) is 11.5 Å². The summed E-state index contributed by atoms with van der Waals surface area (Å²) in [6.45, 7) is 2.59. The van der Waals surface area contributed by atoms with E-state index in [1.807, 2.05) is 37.3 Å². The summed E-state index contributed by atoms with van der Waals surface area (Å²) in [6, 6.07) is 17.2. The number of esters is 1. The topological polar surface area (TPSA) is 57.1 Å². The van der Waals surface area contributed by atoms with Gasteiger partial charge in [-0.05, 0) is 89.2 Å². The standard InChI is InChI=1S/C25H18BrFINO4/c1-2-31-22-12-16(10-20(28)23(22)32-14-15-6-8-19(27)9-7-15)11-21-25(30)33-24(29-21)17-4-3-5-18(26)13-17/h3-13H,2,14H2,1H3/b21-11-. The molecule has 0 amide bonds. The van der Waals surface area contributed by atoms with E-state index >= 15 is 0 Å². The van der Waals surface area contributed by atoms with E-state index in [9.17, 15) is 9.18 Å². The van der Waals surface area contributed by atoms with Gasteiger partial charge in [0.1, 0.15) is 12.4 Å². The Balaban J connectivity index is 1.61. The molecule has 0 unspecified atom stereocenters. The first-order valence-electron chi connectivity index (χ1n) is 10.0. The van der Waals surface area contributed by atoms with E-state index in [4.69, 9.17) is 14.2 Å². The van der Waals surface area contributed by atoms with Crippen molar-refractivity contribution in [3.63, 3.8) is 0 Å². The van der Waals surface area contributed by atoms with E-state index in [2.05, 4.69) is 43.5 Å². The van der Waals surface area contributed by atoms with Gasteiger partial charge in [-0.25, -0.2) is 14.2 Å². The Morgan fingerprint density at radius 3 is 2.64 bits per heavy atom. The van der Waals surface area contributed by atoms with Crippen molar-refractivity contribution >= 4 is 56.5 Å². The highest BCUT2D eigenvalue weighted by molar-refractivity contribution is 14.1. The number of nitrogens with zero attached hydrogens (tertiary/aromatic N) is 1. The van der Waals surface area contributed by atoms with Crippen LogP contribution >= 0.6 is 38.5 Å². The number of benzene rings is 3. The van der Waals surface area contributed by atoms with Gasteiger partial charge >= 0.3 is 5.97 Å². The van der Waals surface area contributed by atoms with Gasteiger partial charge in [0.15, 0.2) is 17.2 Å². The number of rotatable bonds is 7. The number of ether oxygens (including phenoxy) is 3. The number of halogens is 3. The van der Waals surface area contributed by atoms with Crippen molar-refractivity contribution in [3.05, 3.63) is 96.9 Å². The fourth-order valence-corrected chi connectivity index (χ4v) is 4.30. The number of hydrogen-bond acceptors (Lipinski definition) is 5. The van der Waals surface area contributed by atoms with Crippen molar-refractivity contribution in [1.82, 2.24) is 0 Å². The second-order valence-corrected chi connectivity index (χ2v) is 9.10. The normalized spacial score (nSPS) is 14.2. The maximum absolute atomic E-state index is 13.1. The predicted octanol–water partition coefficient (Wildman–Crippen LogP) is 6.52. The van der Waals surface area contributed by atoms with E-state index in [1.54, 1.807) is 24.3 Å². The van der Waals surface area contributed by atoms with Gasteiger partial charge in [-0.2, -0.15) is 0 Å². The van der Waals surface area contributed by atoms with Crippen LogP contribution in [0, 0.1) is 9.39 Å². The highest BCUT2D eigenvalue weighted by Gasteiger charge is 2.24. The third-order valence-corrected chi connectivity index (χ3v) is 5.92. The van der Waals surface area contributed by atoms with Crippen molar-refractivity contribution < 1.29 is 23.4 Å². The molecule has 0 saturated heterocycles. The van der Waals surface area contributed by atoms with Gasteiger partial charge in [-0.3, -0.25) is 0 Å². The first kappa shape index (κ1) is 23.4. The van der Waals surface area contributed by atoms with Gasteiger partial charge in [0.2, 0.25) is 5.90 Å². The van der Waals surface area contributed by atoms with Gasteiger partial charge in [0.05, 0.1) is 10.2 Å². The summed E-state index contributed by atoms with van der Waals surface area (Å²) in [5, 5.41) is 0. The number of carbonyl (C=O) groups excluding carboxylic acids is 1. The zero-order valence-corrected chi connectivity index (χ0v) is 21.2. The Hall–Kier alpha value is -2.72. The molecule has 168 valence electrons. The molecule has 0 atom stereocenters. The van der Waals surface area contributed by atoms with E-state index in [0.717, 1.165) is 19.2 Å². The Bertz CT molecular complexity index is 1260. The Kier molecular flexibility index (Phi) is 7.44. The van der Waals surface area contributed by atoms with Crippen molar-refractivity contribution in [2.45, 2.75) is 13.5 Å². The minimum absolute atomic E-state index is 0.197. The molecule has 1 heterocycles. The smallest absolute Gasteiger partial charge is 0.363 e. The summed E-state index contributed by atoms with van der Waals surface area (Å²) in [6.07, 6.45) is 1.65. The summed E-state index contributed by atoms with van der Waals surface area (Å²) >= 11 is 5.56. The molecule has 0 radical (unpaired) electrons. The molecule has 0 aromatic heterocycles.